The highest BCUT2D eigenvalue weighted by Gasteiger charge is 2.19. The molecule has 4 nitrogen and oxygen atoms in total. The van der Waals surface area contributed by atoms with Crippen molar-refractivity contribution in [3.8, 4) is 0 Å². The zero-order valence-corrected chi connectivity index (χ0v) is 11.0. The third-order valence-electron chi connectivity index (χ3n) is 2.30. The average Bonchev–Trinajstić information content (AvgIpc) is 2.77. The molecule has 0 fully saturated rings. The second-order valence-electron chi connectivity index (χ2n) is 3.52. The third-order valence-corrected chi connectivity index (χ3v) is 3.29. The molecule has 88 valence electrons. The van der Waals surface area contributed by atoms with Crippen LogP contribution in [-0.2, 0) is 0 Å². The number of hydrogen-bond donors (Lipinski definition) is 1. The van der Waals surface area contributed by atoms with Gasteiger partial charge >= 0.3 is 0 Å². The van der Waals surface area contributed by atoms with Crippen molar-refractivity contribution in [3.63, 3.8) is 0 Å². The van der Waals surface area contributed by atoms with Crippen LogP contribution in [0.3, 0.4) is 0 Å². The number of carbonyl (C=O) groups excluding carboxylic acids is 1. The van der Waals surface area contributed by atoms with Gasteiger partial charge in [0.15, 0.2) is 0 Å². The van der Waals surface area contributed by atoms with Gasteiger partial charge in [-0.3, -0.25) is 4.79 Å². The maximum atomic E-state index is 12.0. The van der Waals surface area contributed by atoms with E-state index in [2.05, 4.69) is 4.98 Å². The van der Waals surface area contributed by atoms with Gasteiger partial charge in [-0.25, -0.2) is 4.98 Å². The van der Waals surface area contributed by atoms with Gasteiger partial charge in [0.25, 0.3) is 5.91 Å². The molecule has 0 saturated heterocycles. The van der Waals surface area contributed by atoms with Crippen LogP contribution in [0.25, 0.3) is 0 Å². The summed E-state index contributed by atoms with van der Waals surface area (Å²) in [7, 11) is 0. The minimum Gasteiger partial charge on any atom is -0.393 e. The topological polar surface area (TPSA) is 59.2 Å². The molecule has 0 aliphatic heterocycles. The molecule has 1 heterocycles. The van der Waals surface area contributed by atoms with Gasteiger partial charge in [0.1, 0.15) is 5.69 Å². The van der Waals surface area contributed by atoms with E-state index >= 15 is 0 Å². The Morgan fingerprint density at radius 2 is 2.44 bits per heavy atom. The molecule has 1 rings (SSSR count). The Bertz CT molecular complexity index is 364. The van der Waals surface area contributed by atoms with Crippen molar-refractivity contribution < 1.29 is 4.79 Å². The van der Waals surface area contributed by atoms with Crippen molar-refractivity contribution in [1.82, 2.24) is 9.88 Å². The lowest BCUT2D eigenvalue weighted by atomic mass is 10.1. The van der Waals surface area contributed by atoms with E-state index in [4.69, 9.17) is 18.0 Å². The summed E-state index contributed by atoms with van der Waals surface area (Å²) < 4.78 is 0. The molecular formula is C10H15N3OS2. The summed E-state index contributed by atoms with van der Waals surface area (Å²) in [5.41, 5.74) is 7.68. The summed E-state index contributed by atoms with van der Waals surface area (Å²) in [6.45, 7) is 5.02. The molecule has 1 aromatic heterocycles. The van der Waals surface area contributed by atoms with E-state index in [1.807, 2.05) is 13.8 Å². The number of nitrogens with zero attached hydrogens (tertiary/aromatic N) is 2. The second-order valence-corrected chi connectivity index (χ2v) is 4.71. The Labute approximate surface area is 104 Å². The van der Waals surface area contributed by atoms with Crippen molar-refractivity contribution in [2.75, 3.05) is 13.1 Å². The number of thiazole rings is 1. The van der Waals surface area contributed by atoms with Crippen LogP contribution in [0.4, 0.5) is 0 Å². The lowest BCUT2D eigenvalue weighted by molar-refractivity contribution is 0.0750. The minimum atomic E-state index is -0.0631. The lowest BCUT2D eigenvalue weighted by Gasteiger charge is -2.23. The van der Waals surface area contributed by atoms with Crippen molar-refractivity contribution in [3.05, 3.63) is 16.6 Å². The summed E-state index contributed by atoms with van der Waals surface area (Å²) in [5.74, 6) is -0.0376. The fourth-order valence-electron chi connectivity index (χ4n) is 1.26. The van der Waals surface area contributed by atoms with Crippen molar-refractivity contribution in [1.29, 1.82) is 0 Å². The number of carbonyl (C=O) groups is 1. The highest BCUT2D eigenvalue weighted by atomic mass is 32.1. The van der Waals surface area contributed by atoms with Crippen molar-refractivity contribution in [2.24, 2.45) is 11.7 Å². The van der Waals surface area contributed by atoms with Gasteiger partial charge in [-0.2, -0.15) is 0 Å². The SMILES string of the molecule is CCN(CC(C)C(N)=S)C(=O)c1cscn1. The molecule has 0 aliphatic carbocycles. The van der Waals surface area contributed by atoms with Crippen LogP contribution >= 0.6 is 23.6 Å². The van der Waals surface area contributed by atoms with Crippen LogP contribution in [0.2, 0.25) is 0 Å². The van der Waals surface area contributed by atoms with E-state index in [-0.39, 0.29) is 11.8 Å². The Morgan fingerprint density at radius 3 is 2.88 bits per heavy atom. The van der Waals surface area contributed by atoms with Gasteiger partial charge in [-0.05, 0) is 6.92 Å². The van der Waals surface area contributed by atoms with E-state index in [9.17, 15) is 4.79 Å². The molecule has 0 radical (unpaired) electrons. The molecule has 6 heteroatoms. The largest absolute Gasteiger partial charge is 0.393 e. The van der Waals surface area contributed by atoms with Gasteiger partial charge in [-0.1, -0.05) is 19.1 Å². The average molecular weight is 257 g/mol. The van der Waals surface area contributed by atoms with Gasteiger partial charge < -0.3 is 10.6 Å². The maximum absolute atomic E-state index is 12.0. The first kappa shape index (κ1) is 13.1. The normalized spacial score (nSPS) is 12.1. The van der Waals surface area contributed by atoms with Crippen molar-refractivity contribution >= 4 is 34.5 Å². The Morgan fingerprint density at radius 1 is 1.75 bits per heavy atom. The highest BCUT2D eigenvalue weighted by molar-refractivity contribution is 7.80. The smallest absolute Gasteiger partial charge is 0.273 e. The quantitative estimate of drug-likeness (QED) is 0.813. The number of amides is 1. The van der Waals surface area contributed by atoms with Crippen LogP contribution in [0, 0.1) is 5.92 Å². The summed E-state index contributed by atoms with van der Waals surface area (Å²) in [6.07, 6.45) is 0. The lowest BCUT2D eigenvalue weighted by Crippen LogP contribution is -2.38. The molecule has 0 aliphatic rings. The zero-order valence-electron chi connectivity index (χ0n) is 9.34. The molecule has 0 spiro atoms. The fourth-order valence-corrected chi connectivity index (χ4v) is 1.86. The van der Waals surface area contributed by atoms with E-state index in [1.165, 1.54) is 11.3 Å². The summed E-state index contributed by atoms with van der Waals surface area (Å²) in [6, 6.07) is 0. The summed E-state index contributed by atoms with van der Waals surface area (Å²) in [5, 5.41) is 1.75. The first-order valence-corrected chi connectivity index (χ1v) is 6.38. The first-order chi connectivity index (χ1) is 7.56. The number of thiocarbonyl (C=S) groups is 1. The molecule has 1 atom stereocenters. The van der Waals surface area contributed by atoms with Gasteiger partial charge in [0.05, 0.1) is 10.5 Å². The predicted octanol–water partition coefficient (Wildman–Crippen LogP) is 1.53. The molecule has 1 amide bonds. The summed E-state index contributed by atoms with van der Waals surface area (Å²) >= 11 is 6.31. The Balaban J connectivity index is 2.68. The van der Waals surface area contributed by atoms with Crippen LogP contribution in [0.5, 0.6) is 0 Å². The highest BCUT2D eigenvalue weighted by Crippen LogP contribution is 2.08. The van der Waals surface area contributed by atoms with E-state index in [0.717, 1.165) is 0 Å². The number of aromatic nitrogens is 1. The zero-order chi connectivity index (χ0) is 12.1. The van der Waals surface area contributed by atoms with E-state index in [0.29, 0.717) is 23.8 Å². The fraction of sp³-hybridized carbons (Fsp3) is 0.500. The first-order valence-electron chi connectivity index (χ1n) is 5.03. The number of nitrogens with two attached hydrogens (primary N) is 1. The van der Waals surface area contributed by atoms with Crippen LogP contribution < -0.4 is 5.73 Å². The van der Waals surface area contributed by atoms with Gasteiger partial charge in [0, 0.05) is 24.4 Å². The molecule has 0 saturated carbocycles. The Kier molecular flexibility index (Phi) is 4.82. The third kappa shape index (κ3) is 3.24. The molecule has 1 aromatic rings. The molecular weight excluding hydrogens is 242 g/mol. The van der Waals surface area contributed by atoms with Crippen molar-refractivity contribution in [2.45, 2.75) is 13.8 Å². The molecule has 2 N–H and O–H groups in total. The van der Waals surface area contributed by atoms with Gasteiger partial charge in [-0.15, -0.1) is 11.3 Å². The minimum absolute atomic E-state index is 0.0255. The number of hydrogen-bond acceptors (Lipinski definition) is 4. The molecule has 1 unspecified atom stereocenters. The van der Waals surface area contributed by atoms with E-state index in [1.54, 1.807) is 15.8 Å². The van der Waals surface area contributed by atoms with E-state index < -0.39 is 0 Å². The number of rotatable bonds is 5. The second kappa shape index (κ2) is 5.91. The van der Waals surface area contributed by atoms with Crippen LogP contribution in [0.15, 0.2) is 10.9 Å². The standard InChI is InChI=1S/C10H15N3OS2/c1-3-13(4-7(2)9(11)15)10(14)8-5-16-6-12-8/h5-7H,3-4H2,1-2H3,(H2,11,15). The summed E-state index contributed by atoms with van der Waals surface area (Å²) in [4.78, 5) is 18.1. The molecule has 0 bridgehead atoms. The van der Waals surface area contributed by atoms with Crippen LogP contribution in [-0.4, -0.2) is 33.9 Å². The molecule has 16 heavy (non-hydrogen) atoms. The van der Waals surface area contributed by atoms with Gasteiger partial charge in [0.2, 0.25) is 0 Å². The molecule has 0 aromatic carbocycles. The monoisotopic (exact) mass is 257 g/mol. The maximum Gasteiger partial charge on any atom is 0.273 e. The predicted molar refractivity (Wildman–Crippen MR) is 69.6 cm³/mol. The Hall–Kier alpha value is -1.01. The van der Waals surface area contributed by atoms with Crippen LogP contribution in [0.1, 0.15) is 24.3 Å².